The number of carboxylic acid groups (broad SMARTS) is 1. The fraction of sp³-hybridized carbons (Fsp3) is 0.636. The molecule has 1 aliphatic rings. The van der Waals surface area contributed by atoms with Crippen molar-refractivity contribution < 1.29 is 18.3 Å². The molecule has 1 aliphatic heterocycles. The van der Waals surface area contributed by atoms with E-state index in [1.165, 1.54) is 10.5 Å². The normalized spacial score (nSPS) is 18.6. The van der Waals surface area contributed by atoms with Crippen molar-refractivity contribution in [1.82, 2.24) is 14.5 Å². The lowest BCUT2D eigenvalue weighted by Gasteiger charge is -2.30. The Morgan fingerprint density at radius 3 is 2.63 bits per heavy atom. The number of nitrogens with one attached hydrogen (secondary N) is 1. The third kappa shape index (κ3) is 2.95. The lowest BCUT2D eigenvalue weighted by atomic mass is 9.95. The summed E-state index contributed by atoms with van der Waals surface area (Å²) in [4.78, 5) is 10.8. The number of rotatable bonds is 4. The van der Waals surface area contributed by atoms with Gasteiger partial charge in [-0.1, -0.05) is 0 Å². The highest BCUT2D eigenvalue weighted by atomic mass is 32.2. The average molecular weight is 287 g/mol. The van der Waals surface area contributed by atoms with Gasteiger partial charge in [-0.3, -0.25) is 9.89 Å². The van der Waals surface area contributed by atoms with Gasteiger partial charge in [0, 0.05) is 19.5 Å². The second-order valence-corrected chi connectivity index (χ2v) is 6.71. The van der Waals surface area contributed by atoms with E-state index < -0.39 is 16.0 Å². The van der Waals surface area contributed by atoms with E-state index >= 15 is 0 Å². The quantitative estimate of drug-likeness (QED) is 0.843. The number of aryl methyl sites for hydroxylation is 1. The van der Waals surface area contributed by atoms with Crippen LogP contribution in [0, 0.1) is 12.8 Å². The minimum atomic E-state index is -3.51. The number of carboxylic acids is 1. The number of hydrogen-bond acceptors (Lipinski definition) is 4. The number of aliphatic carboxylic acids is 1. The molecule has 2 rings (SSSR count). The van der Waals surface area contributed by atoms with Crippen LogP contribution in [0.1, 0.15) is 25.0 Å². The molecule has 8 heteroatoms. The maximum Gasteiger partial charge on any atom is 0.303 e. The SMILES string of the molecule is Cc1[nH]ncc1S(=O)(=O)N1CCC(CC(=O)O)CC1. The van der Waals surface area contributed by atoms with Gasteiger partial charge in [-0.2, -0.15) is 9.40 Å². The van der Waals surface area contributed by atoms with Gasteiger partial charge in [0.2, 0.25) is 10.0 Å². The molecule has 0 spiro atoms. The van der Waals surface area contributed by atoms with Crippen LogP contribution >= 0.6 is 0 Å². The number of piperidine rings is 1. The summed E-state index contributed by atoms with van der Waals surface area (Å²) in [6.07, 6.45) is 2.59. The number of H-pyrrole nitrogens is 1. The predicted molar refractivity (Wildman–Crippen MR) is 67.1 cm³/mol. The van der Waals surface area contributed by atoms with Crippen molar-refractivity contribution in [3.8, 4) is 0 Å². The maximum absolute atomic E-state index is 12.3. The monoisotopic (exact) mass is 287 g/mol. The number of aromatic amines is 1. The first-order chi connectivity index (χ1) is 8.91. The molecule has 0 radical (unpaired) electrons. The van der Waals surface area contributed by atoms with Gasteiger partial charge in [-0.05, 0) is 25.7 Å². The van der Waals surface area contributed by atoms with Crippen LogP contribution < -0.4 is 0 Å². The summed E-state index contributed by atoms with van der Waals surface area (Å²) in [5.41, 5.74) is 0.521. The van der Waals surface area contributed by atoms with Crippen LogP contribution in [0.2, 0.25) is 0 Å². The summed E-state index contributed by atoms with van der Waals surface area (Å²) in [7, 11) is -3.51. The summed E-state index contributed by atoms with van der Waals surface area (Å²) in [5.74, 6) is -0.763. The number of nitrogens with zero attached hydrogens (tertiary/aromatic N) is 2. The van der Waals surface area contributed by atoms with Crippen LogP contribution in [0.5, 0.6) is 0 Å². The molecule has 106 valence electrons. The highest BCUT2D eigenvalue weighted by molar-refractivity contribution is 7.89. The molecule has 1 aromatic heterocycles. The molecule has 2 N–H and O–H groups in total. The second kappa shape index (κ2) is 5.30. The van der Waals surface area contributed by atoms with Gasteiger partial charge in [0.1, 0.15) is 4.90 Å². The molecule has 19 heavy (non-hydrogen) atoms. The second-order valence-electron chi connectivity index (χ2n) is 4.80. The Bertz CT molecular complexity index is 558. The number of sulfonamides is 1. The zero-order chi connectivity index (χ0) is 14.0. The Morgan fingerprint density at radius 1 is 1.53 bits per heavy atom. The smallest absolute Gasteiger partial charge is 0.303 e. The van der Waals surface area contributed by atoms with E-state index in [4.69, 9.17) is 5.11 Å². The molecule has 7 nitrogen and oxygen atoms in total. The first kappa shape index (κ1) is 14.0. The van der Waals surface area contributed by atoms with Crippen molar-refractivity contribution in [2.75, 3.05) is 13.1 Å². The Labute approximate surface area is 111 Å². The van der Waals surface area contributed by atoms with Crippen LogP contribution in [0.3, 0.4) is 0 Å². The van der Waals surface area contributed by atoms with Crippen LogP contribution in [-0.2, 0) is 14.8 Å². The van der Waals surface area contributed by atoms with E-state index in [0.717, 1.165) is 0 Å². The molecule has 0 bridgehead atoms. The van der Waals surface area contributed by atoms with Gasteiger partial charge in [-0.15, -0.1) is 0 Å². The van der Waals surface area contributed by atoms with Gasteiger partial charge in [-0.25, -0.2) is 8.42 Å². The molecule has 0 aliphatic carbocycles. The average Bonchev–Trinajstić information content (AvgIpc) is 2.76. The lowest BCUT2D eigenvalue weighted by molar-refractivity contribution is -0.138. The van der Waals surface area contributed by atoms with Gasteiger partial charge >= 0.3 is 5.97 Å². The van der Waals surface area contributed by atoms with E-state index in [1.807, 2.05) is 0 Å². The highest BCUT2D eigenvalue weighted by Crippen LogP contribution is 2.26. The Hall–Kier alpha value is -1.41. The maximum atomic E-state index is 12.3. The number of hydrogen-bond donors (Lipinski definition) is 2. The molecule has 1 saturated heterocycles. The van der Waals surface area contributed by atoms with Crippen molar-refractivity contribution in [1.29, 1.82) is 0 Å². The van der Waals surface area contributed by atoms with Crippen LogP contribution in [0.4, 0.5) is 0 Å². The molecular formula is C11H17N3O4S. The van der Waals surface area contributed by atoms with Crippen molar-refractivity contribution in [3.63, 3.8) is 0 Å². The Kier molecular flexibility index (Phi) is 3.91. The van der Waals surface area contributed by atoms with E-state index in [2.05, 4.69) is 10.2 Å². The van der Waals surface area contributed by atoms with Crippen LogP contribution in [0.15, 0.2) is 11.1 Å². The molecule has 0 unspecified atom stereocenters. The van der Waals surface area contributed by atoms with Crippen molar-refractivity contribution in [2.24, 2.45) is 5.92 Å². The van der Waals surface area contributed by atoms with Crippen molar-refractivity contribution in [2.45, 2.75) is 31.1 Å². The standard InChI is InChI=1S/C11H17N3O4S/c1-8-10(7-12-13-8)19(17,18)14-4-2-9(3-5-14)6-11(15)16/h7,9H,2-6H2,1H3,(H,12,13)(H,15,16). The van der Waals surface area contributed by atoms with Crippen LogP contribution in [0.25, 0.3) is 0 Å². The molecule has 0 atom stereocenters. The van der Waals surface area contributed by atoms with Crippen molar-refractivity contribution in [3.05, 3.63) is 11.9 Å². The number of aromatic nitrogens is 2. The van der Waals surface area contributed by atoms with Gasteiger partial charge in [0.15, 0.2) is 0 Å². The van der Waals surface area contributed by atoms with E-state index in [1.54, 1.807) is 6.92 Å². The molecule has 1 aromatic rings. The van der Waals surface area contributed by atoms with E-state index in [-0.39, 0.29) is 17.2 Å². The predicted octanol–water partition coefficient (Wildman–Crippen LogP) is 0.594. The highest BCUT2D eigenvalue weighted by Gasteiger charge is 2.31. The third-order valence-electron chi connectivity index (χ3n) is 3.44. The van der Waals surface area contributed by atoms with Gasteiger partial charge < -0.3 is 5.11 Å². The fourth-order valence-corrected chi connectivity index (χ4v) is 3.93. The Balaban J connectivity index is 2.05. The van der Waals surface area contributed by atoms with E-state index in [0.29, 0.717) is 31.6 Å². The molecule has 0 amide bonds. The summed E-state index contributed by atoms with van der Waals surface area (Å²) >= 11 is 0. The minimum Gasteiger partial charge on any atom is -0.481 e. The molecule has 0 aromatic carbocycles. The minimum absolute atomic E-state index is 0.0643. The summed E-state index contributed by atoms with van der Waals surface area (Å²) in [5, 5.41) is 15.1. The summed E-state index contributed by atoms with van der Waals surface area (Å²) in [6.45, 7) is 2.40. The lowest BCUT2D eigenvalue weighted by Crippen LogP contribution is -2.39. The largest absolute Gasteiger partial charge is 0.481 e. The zero-order valence-corrected chi connectivity index (χ0v) is 11.5. The zero-order valence-electron chi connectivity index (χ0n) is 10.7. The van der Waals surface area contributed by atoms with Gasteiger partial charge in [0.25, 0.3) is 0 Å². The number of carbonyl (C=O) groups is 1. The summed E-state index contributed by atoms with van der Waals surface area (Å²) < 4.78 is 26.1. The molecule has 1 fully saturated rings. The third-order valence-corrected chi connectivity index (χ3v) is 5.45. The van der Waals surface area contributed by atoms with Crippen molar-refractivity contribution >= 4 is 16.0 Å². The Morgan fingerprint density at radius 2 is 2.16 bits per heavy atom. The summed E-state index contributed by atoms with van der Waals surface area (Å²) in [6, 6.07) is 0. The molecular weight excluding hydrogens is 270 g/mol. The molecule has 2 heterocycles. The van der Waals surface area contributed by atoms with E-state index in [9.17, 15) is 13.2 Å². The fourth-order valence-electron chi connectivity index (χ4n) is 2.34. The first-order valence-electron chi connectivity index (χ1n) is 6.13. The first-order valence-corrected chi connectivity index (χ1v) is 7.57. The van der Waals surface area contributed by atoms with Crippen LogP contribution in [-0.4, -0.2) is 47.1 Å². The molecule has 0 saturated carbocycles. The van der Waals surface area contributed by atoms with Gasteiger partial charge in [0.05, 0.1) is 11.9 Å². The topological polar surface area (TPSA) is 103 Å².